The first kappa shape index (κ1) is 14.9. The van der Waals surface area contributed by atoms with Crippen LogP contribution in [0.15, 0.2) is 22.7 Å². The monoisotopic (exact) mass is 371 g/mol. The molecule has 1 N–H and O–H groups in total. The van der Waals surface area contributed by atoms with E-state index in [2.05, 4.69) is 15.9 Å². The van der Waals surface area contributed by atoms with Gasteiger partial charge in [-0.1, -0.05) is 27.5 Å². The molecule has 6 heteroatoms. The molecule has 1 saturated heterocycles. The van der Waals surface area contributed by atoms with E-state index >= 15 is 0 Å². The zero-order valence-electron chi connectivity index (χ0n) is 11.3. The summed E-state index contributed by atoms with van der Waals surface area (Å²) in [5.74, 6) is -1.43. The quantitative estimate of drug-likeness (QED) is 0.881. The summed E-state index contributed by atoms with van der Waals surface area (Å²) in [4.78, 5) is 25.7. The highest BCUT2D eigenvalue weighted by molar-refractivity contribution is 9.10. The van der Waals surface area contributed by atoms with Crippen molar-refractivity contribution in [3.8, 4) is 0 Å². The molecule has 1 saturated carbocycles. The molecule has 0 spiro atoms. The maximum atomic E-state index is 12.3. The number of hydrogen-bond acceptors (Lipinski definition) is 2. The van der Waals surface area contributed by atoms with Crippen LogP contribution in [0.3, 0.4) is 0 Å². The zero-order chi connectivity index (χ0) is 15.1. The Kier molecular flexibility index (Phi) is 3.97. The summed E-state index contributed by atoms with van der Waals surface area (Å²) in [6, 6.07) is 5.08. The largest absolute Gasteiger partial charge is 0.481 e. The van der Waals surface area contributed by atoms with Gasteiger partial charge in [-0.2, -0.15) is 0 Å². The Morgan fingerprint density at radius 2 is 2.05 bits per heavy atom. The van der Waals surface area contributed by atoms with E-state index in [0.717, 1.165) is 22.9 Å². The molecule has 1 aromatic rings. The second-order valence-corrected chi connectivity index (χ2v) is 6.95. The normalized spacial score (nSPS) is 26.0. The van der Waals surface area contributed by atoms with E-state index in [1.165, 1.54) is 0 Å². The molecule has 1 aliphatic heterocycles. The summed E-state index contributed by atoms with van der Waals surface area (Å²) < 4.78 is 0.833. The van der Waals surface area contributed by atoms with Gasteiger partial charge in [-0.25, -0.2) is 0 Å². The summed E-state index contributed by atoms with van der Waals surface area (Å²) in [6.07, 6.45) is 2.56. The SMILES string of the molecule is O=C(O)C1CCC(=O)N(C2CC2)C1c1cc(Br)ccc1Cl. The van der Waals surface area contributed by atoms with Gasteiger partial charge in [0, 0.05) is 22.0 Å². The molecule has 21 heavy (non-hydrogen) atoms. The van der Waals surface area contributed by atoms with Gasteiger partial charge in [-0.05, 0) is 43.0 Å². The number of hydrogen-bond donors (Lipinski definition) is 1. The molecule has 2 aliphatic rings. The number of aliphatic carboxylic acids is 1. The molecule has 0 bridgehead atoms. The lowest BCUT2D eigenvalue weighted by Crippen LogP contribution is -2.46. The van der Waals surface area contributed by atoms with Crippen molar-refractivity contribution in [3.63, 3.8) is 0 Å². The first-order valence-electron chi connectivity index (χ1n) is 6.98. The van der Waals surface area contributed by atoms with Gasteiger partial charge in [0.25, 0.3) is 0 Å². The molecule has 3 rings (SSSR count). The minimum absolute atomic E-state index is 0.0380. The number of rotatable bonds is 3. The molecular weight excluding hydrogens is 358 g/mol. The lowest BCUT2D eigenvalue weighted by atomic mass is 9.84. The number of carbonyl (C=O) groups is 2. The number of carboxylic acid groups (broad SMARTS) is 1. The third-order valence-electron chi connectivity index (χ3n) is 4.17. The number of amides is 1. The van der Waals surface area contributed by atoms with Gasteiger partial charge in [-0.3, -0.25) is 9.59 Å². The van der Waals surface area contributed by atoms with Crippen LogP contribution in [0.25, 0.3) is 0 Å². The van der Waals surface area contributed by atoms with Crippen molar-refractivity contribution in [1.82, 2.24) is 4.90 Å². The summed E-state index contributed by atoms with van der Waals surface area (Å²) in [7, 11) is 0. The van der Waals surface area contributed by atoms with Gasteiger partial charge >= 0.3 is 5.97 Å². The molecule has 112 valence electrons. The van der Waals surface area contributed by atoms with Crippen LogP contribution in [0.4, 0.5) is 0 Å². The molecular formula is C15H15BrClNO3. The van der Waals surface area contributed by atoms with Crippen molar-refractivity contribution < 1.29 is 14.7 Å². The van der Waals surface area contributed by atoms with Gasteiger partial charge in [0.1, 0.15) is 0 Å². The average Bonchev–Trinajstić information content (AvgIpc) is 3.25. The van der Waals surface area contributed by atoms with Crippen molar-refractivity contribution in [2.45, 2.75) is 37.8 Å². The Labute approximate surface area is 136 Å². The van der Waals surface area contributed by atoms with Gasteiger partial charge < -0.3 is 10.0 Å². The molecule has 2 unspecified atom stereocenters. The Hall–Kier alpha value is -1.07. The van der Waals surface area contributed by atoms with Crippen LogP contribution in [0.1, 0.15) is 37.3 Å². The maximum absolute atomic E-state index is 12.3. The summed E-state index contributed by atoms with van der Waals surface area (Å²) >= 11 is 9.68. The second kappa shape index (κ2) is 5.61. The van der Waals surface area contributed by atoms with Crippen molar-refractivity contribution >= 4 is 39.4 Å². The minimum atomic E-state index is -0.866. The molecule has 2 fully saturated rings. The van der Waals surface area contributed by atoms with Crippen LogP contribution >= 0.6 is 27.5 Å². The van der Waals surface area contributed by atoms with E-state index in [0.29, 0.717) is 17.9 Å². The highest BCUT2D eigenvalue weighted by atomic mass is 79.9. The highest BCUT2D eigenvalue weighted by Gasteiger charge is 2.47. The van der Waals surface area contributed by atoms with E-state index in [1.807, 2.05) is 12.1 Å². The molecule has 1 aliphatic carbocycles. The van der Waals surface area contributed by atoms with Gasteiger partial charge in [0.2, 0.25) is 5.91 Å². The molecule has 0 aromatic heterocycles. The standard InChI is InChI=1S/C15H15BrClNO3/c16-8-1-5-12(17)11(7-8)14-10(15(20)21)4-6-13(19)18(14)9-2-3-9/h1,5,7,9-10,14H,2-4,6H2,(H,20,21). The first-order valence-corrected chi connectivity index (χ1v) is 8.15. The lowest BCUT2D eigenvalue weighted by molar-refractivity contribution is -0.152. The van der Waals surface area contributed by atoms with Crippen LogP contribution < -0.4 is 0 Å². The van der Waals surface area contributed by atoms with E-state index in [9.17, 15) is 14.7 Å². The second-order valence-electron chi connectivity index (χ2n) is 5.63. The van der Waals surface area contributed by atoms with Crippen LogP contribution in [-0.4, -0.2) is 27.9 Å². The van der Waals surface area contributed by atoms with Crippen LogP contribution in [0.5, 0.6) is 0 Å². The van der Waals surface area contributed by atoms with E-state index in [4.69, 9.17) is 11.6 Å². The third-order valence-corrected chi connectivity index (χ3v) is 5.01. The highest BCUT2D eigenvalue weighted by Crippen LogP contribution is 2.45. The lowest BCUT2D eigenvalue weighted by Gasteiger charge is -2.40. The van der Waals surface area contributed by atoms with Gasteiger partial charge in [0.15, 0.2) is 0 Å². The number of benzene rings is 1. The van der Waals surface area contributed by atoms with Crippen molar-refractivity contribution in [2.75, 3.05) is 0 Å². The number of carboxylic acids is 1. The average molecular weight is 373 g/mol. The fraction of sp³-hybridized carbons (Fsp3) is 0.467. The summed E-state index contributed by atoms with van der Waals surface area (Å²) in [5.41, 5.74) is 0.721. The molecule has 0 radical (unpaired) electrons. The number of piperidine rings is 1. The number of halogens is 2. The van der Waals surface area contributed by atoms with Gasteiger partial charge in [-0.15, -0.1) is 0 Å². The molecule has 4 nitrogen and oxygen atoms in total. The van der Waals surface area contributed by atoms with E-state index in [-0.39, 0.29) is 11.9 Å². The Balaban J connectivity index is 2.08. The predicted molar refractivity (Wildman–Crippen MR) is 82.1 cm³/mol. The van der Waals surface area contributed by atoms with Gasteiger partial charge in [0.05, 0.1) is 12.0 Å². The first-order chi connectivity index (χ1) is 9.99. The predicted octanol–water partition coefficient (Wildman–Crippen LogP) is 3.63. The van der Waals surface area contributed by atoms with Crippen LogP contribution in [0.2, 0.25) is 5.02 Å². The van der Waals surface area contributed by atoms with Crippen LogP contribution in [0, 0.1) is 5.92 Å². The third kappa shape index (κ3) is 2.81. The number of nitrogens with zero attached hydrogens (tertiary/aromatic N) is 1. The Bertz CT molecular complexity index is 603. The number of carbonyl (C=O) groups excluding carboxylic acids is 1. The van der Waals surface area contributed by atoms with E-state index < -0.39 is 17.9 Å². The summed E-state index contributed by atoms with van der Waals surface area (Å²) in [6.45, 7) is 0. The smallest absolute Gasteiger partial charge is 0.308 e. The molecule has 1 amide bonds. The topological polar surface area (TPSA) is 57.6 Å². The fourth-order valence-electron chi connectivity index (χ4n) is 3.06. The zero-order valence-corrected chi connectivity index (χ0v) is 13.6. The Morgan fingerprint density at radius 3 is 2.67 bits per heavy atom. The summed E-state index contributed by atoms with van der Waals surface area (Å²) in [5, 5.41) is 10.1. The molecule has 1 aromatic carbocycles. The Morgan fingerprint density at radius 1 is 1.33 bits per heavy atom. The van der Waals surface area contributed by atoms with Crippen molar-refractivity contribution in [3.05, 3.63) is 33.3 Å². The molecule has 1 heterocycles. The van der Waals surface area contributed by atoms with Crippen LogP contribution in [-0.2, 0) is 9.59 Å². The number of likely N-dealkylation sites (tertiary alicyclic amines) is 1. The maximum Gasteiger partial charge on any atom is 0.308 e. The molecule has 2 atom stereocenters. The van der Waals surface area contributed by atoms with Crippen molar-refractivity contribution in [2.24, 2.45) is 5.92 Å². The van der Waals surface area contributed by atoms with Crippen molar-refractivity contribution in [1.29, 1.82) is 0 Å². The minimum Gasteiger partial charge on any atom is -0.481 e. The fourth-order valence-corrected chi connectivity index (χ4v) is 3.67. The van der Waals surface area contributed by atoms with E-state index in [1.54, 1.807) is 11.0 Å².